The summed E-state index contributed by atoms with van der Waals surface area (Å²) in [5.41, 5.74) is 10.8. The van der Waals surface area contributed by atoms with E-state index in [1.54, 1.807) is 0 Å². The van der Waals surface area contributed by atoms with Gasteiger partial charge in [0.1, 0.15) is 5.78 Å². The third kappa shape index (κ3) is 6.90. The summed E-state index contributed by atoms with van der Waals surface area (Å²) in [6, 6.07) is 26.3. The highest BCUT2D eigenvalue weighted by atomic mass is 16.1. The summed E-state index contributed by atoms with van der Waals surface area (Å²) >= 11 is 0. The van der Waals surface area contributed by atoms with Crippen molar-refractivity contribution >= 4 is 11.4 Å². The maximum Gasteiger partial charge on any atom is 0.140 e. The molecule has 3 atom stereocenters. The molecule has 0 saturated heterocycles. The van der Waals surface area contributed by atoms with Crippen LogP contribution in [0.3, 0.4) is 0 Å². The van der Waals surface area contributed by atoms with Crippen molar-refractivity contribution in [2.75, 3.05) is 0 Å². The summed E-state index contributed by atoms with van der Waals surface area (Å²) < 4.78 is 0. The van der Waals surface area contributed by atoms with Gasteiger partial charge in [0.05, 0.1) is 0 Å². The highest BCUT2D eigenvalue weighted by Crippen LogP contribution is 2.64. The molecule has 3 aromatic carbocycles. The van der Waals surface area contributed by atoms with Crippen LogP contribution in [-0.4, -0.2) is 5.78 Å². The first-order valence-electron chi connectivity index (χ1n) is 18.3. The second-order valence-electron chi connectivity index (χ2n) is 15.2. The van der Waals surface area contributed by atoms with E-state index in [4.69, 9.17) is 6.42 Å². The molecule has 4 aliphatic carbocycles. The van der Waals surface area contributed by atoms with Crippen molar-refractivity contribution in [1.29, 1.82) is 0 Å². The summed E-state index contributed by atoms with van der Waals surface area (Å²) in [6.07, 6.45) is 26.1. The number of ketones is 1. The molecule has 0 heterocycles. The third-order valence-corrected chi connectivity index (χ3v) is 12.2. The molecule has 3 aromatic rings. The zero-order valence-corrected chi connectivity index (χ0v) is 28.2. The molecule has 1 spiro atoms. The lowest BCUT2D eigenvalue weighted by Crippen LogP contribution is -2.27. The maximum atomic E-state index is 14.0. The van der Waals surface area contributed by atoms with Crippen molar-refractivity contribution in [3.63, 3.8) is 0 Å². The zero-order chi connectivity index (χ0) is 32.4. The number of carbonyl (C=O) groups is 1. The second kappa shape index (κ2) is 13.7. The highest BCUT2D eigenvalue weighted by molar-refractivity contribution is 5.86. The number of benzene rings is 3. The highest BCUT2D eigenvalue weighted by Gasteiger charge is 2.54. The molecule has 240 valence electrons. The summed E-state index contributed by atoms with van der Waals surface area (Å²) in [5, 5.41) is 0. The monoisotopic (exact) mass is 618 g/mol. The molecule has 47 heavy (non-hydrogen) atoms. The van der Waals surface area contributed by atoms with Gasteiger partial charge < -0.3 is 0 Å². The van der Waals surface area contributed by atoms with Crippen LogP contribution in [0.1, 0.15) is 104 Å². The smallest absolute Gasteiger partial charge is 0.140 e. The van der Waals surface area contributed by atoms with Crippen molar-refractivity contribution < 1.29 is 4.79 Å². The zero-order valence-electron chi connectivity index (χ0n) is 28.2. The van der Waals surface area contributed by atoms with E-state index in [0.717, 1.165) is 37.7 Å². The Bertz CT molecular complexity index is 1700. The lowest BCUT2D eigenvalue weighted by Gasteiger charge is -2.34. The van der Waals surface area contributed by atoms with Crippen LogP contribution in [-0.2, 0) is 24.1 Å². The lowest BCUT2D eigenvalue weighted by atomic mass is 9.70. The van der Waals surface area contributed by atoms with Crippen LogP contribution in [0, 0.1) is 41.4 Å². The Kier molecular flexibility index (Phi) is 9.23. The van der Waals surface area contributed by atoms with Gasteiger partial charge in [0.2, 0.25) is 0 Å². The average Bonchev–Trinajstić information content (AvgIpc) is 3.71. The van der Waals surface area contributed by atoms with Gasteiger partial charge >= 0.3 is 0 Å². The van der Waals surface area contributed by atoms with E-state index in [2.05, 4.69) is 104 Å². The molecule has 4 aliphatic rings. The number of aryl methyl sites for hydroxylation is 1. The van der Waals surface area contributed by atoms with Crippen molar-refractivity contribution in [2.24, 2.45) is 29.1 Å². The van der Waals surface area contributed by atoms with E-state index in [0.29, 0.717) is 41.3 Å². The molecule has 1 nitrogen and oxygen atoms in total. The first kappa shape index (κ1) is 31.7. The topological polar surface area (TPSA) is 17.1 Å². The summed E-state index contributed by atoms with van der Waals surface area (Å²) in [4.78, 5) is 14.0. The Hall–Kier alpha value is -3.89. The normalized spacial score (nSPS) is 25.0. The van der Waals surface area contributed by atoms with Gasteiger partial charge in [-0.3, -0.25) is 4.79 Å². The number of rotatable bonds is 11. The predicted molar refractivity (Wildman–Crippen MR) is 196 cm³/mol. The summed E-state index contributed by atoms with van der Waals surface area (Å²) in [5.74, 6) is 5.59. The van der Waals surface area contributed by atoms with Gasteiger partial charge in [-0.15, -0.1) is 6.42 Å². The Morgan fingerprint density at radius 1 is 0.936 bits per heavy atom. The number of carbonyl (C=O) groups excluding carboxylic acids is 1. The van der Waals surface area contributed by atoms with Crippen molar-refractivity contribution in [3.05, 3.63) is 137 Å². The number of Topliss-reactive ketones (excluding diaryl/α,β-unsaturated/α-hetero) is 1. The molecular weight excluding hydrogens is 569 g/mol. The largest absolute Gasteiger partial charge is 0.299 e. The minimum atomic E-state index is -0.0295. The van der Waals surface area contributed by atoms with E-state index in [1.807, 2.05) is 6.07 Å². The molecule has 0 amide bonds. The third-order valence-electron chi connectivity index (χ3n) is 12.2. The lowest BCUT2D eigenvalue weighted by molar-refractivity contribution is -0.122. The molecule has 7 rings (SSSR count). The summed E-state index contributed by atoms with van der Waals surface area (Å²) in [6.45, 7) is 6.65. The Morgan fingerprint density at radius 3 is 2.38 bits per heavy atom. The fraction of sp³-hybridized carbons (Fsp3) is 0.413. The van der Waals surface area contributed by atoms with Gasteiger partial charge in [0.25, 0.3) is 0 Å². The van der Waals surface area contributed by atoms with E-state index in [9.17, 15) is 4.79 Å². The molecule has 0 radical (unpaired) electrons. The van der Waals surface area contributed by atoms with E-state index in [1.165, 1.54) is 77.5 Å². The number of hydrogen-bond donors (Lipinski definition) is 0. The SMILES string of the molecule is C#Cc1ccc(CC2CCC(C(C(=O)CCc3ccccc3)c3ccc(C4=CC(C)C=C4)cc3)CC2)cc1CC1CCC(=C)C12CC2. The van der Waals surface area contributed by atoms with Gasteiger partial charge in [-0.2, -0.15) is 0 Å². The second-order valence-corrected chi connectivity index (χ2v) is 15.2. The van der Waals surface area contributed by atoms with Gasteiger partial charge in [-0.25, -0.2) is 0 Å². The van der Waals surface area contributed by atoms with Crippen LogP contribution in [0.4, 0.5) is 0 Å². The molecule has 1 heteroatoms. The Balaban J connectivity index is 1.03. The predicted octanol–water partition coefficient (Wildman–Crippen LogP) is 10.9. The molecule has 0 aromatic heterocycles. The van der Waals surface area contributed by atoms with Crippen LogP contribution in [0.2, 0.25) is 0 Å². The van der Waals surface area contributed by atoms with Crippen molar-refractivity contribution in [3.8, 4) is 12.3 Å². The fourth-order valence-corrected chi connectivity index (χ4v) is 9.28. The molecule has 3 unspecified atom stereocenters. The van der Waals surface area contributed by atoms with Gasteiger partial charge in [0, 0.05) is 17.9 Å². The van der Waals surface area contributed by atoms with Crippen LogP contribution >= 0.6 is 0 Å². The molecule has 0 N–H and O–H groups in total. The van der Waals surface area contributed by atoms with E-state index < -0.39 is 0 Å². The van der Waals surface area contributed by atoms with E-state index >= 15 is 0 Å². The Labute approximate surface area is 283 Å². The maximum absolute atomic E-state index is 14.0. The van der Waals surface area contributed by atoms with Crippen molar-refractivity contribution in [2.45, 2.75) is 89.9 Å². The molecule has 3 saturated carbocycles. The van der Waals surface area contributed by atoms with Gasteiger partial charge in [-0.1, -0.05) is 110 Å². The van der Waals surface area contributed by atoms with Crippen LogP contribution in [0.25, 0.3) is 5.57 Å². The number of allylic oxidation sites excluding steroid dienone is 5. The quantitative estimate of drug-likeness (QED) is 0.154. The standard InChI is InChI=1S/C46H50O/c1-4-37-17-14-36(30-42(37)31-43-24-11-33(3)46(43)26-27-46)29-35-12-18-39(19-13-35)45(44(47)25-15-34-8-6-5-7-9-34)40-22-20-38(21-23-40)41-16-10-32(2)28-41/h1,5-10,14,16-17,20-23,28,30,32,35,39,43,45H,3,11-13,15,18-19,24-27,29,31H2,2H3. The fourth-order valence-electron chi connectivity index (χ4n) is 9.28. The van der Waals surface area contributed by atoms with Gasteiger partial charge in [0.15, 0.2) is 0 Å². The van der Waals surface area contributed by atoms with Crippen LogP contribution in [0.5, 0.6) is 0 Å². The van der Waals surface area contributed by atoms with E-state index in [-0.39, 0.29) is 5.92 Å². The van der Waals surface area contributed by atoms with Crippen LogP contribution in [0.15, 0.2) is 103 Å². The molecule has 0 bridgehead atoms. The first-order chi connectivity index (χ1) is 22.9. The molecule has 0 aliphatic heterocycles. The Morgan fingerprint density at radius 2 is 1.70 bits per heavy atom. The molecule has 3 fully saturated rings. The van der Waals surface area contributed by atoms with Crippen LogP contribution < -0.4 is 0 Å². The minimum absolute atomic E-state index is 0.0295. The average molecular weight is 619 g/mol. The number of terminal acetylenes is 1. The van der Waals surface area contributed by atoms with Crippen molar-refractivity contribution in [1.82, 2.24) is 0 Å². The minimum Gasteiger partial charge on any atom is -0.299 e. The summed E-state index contributed by atoms with van der Waals surface area (Å²) in [7, 11) is 0. The first-order valence-corrected chi connectivity index (χ1v) is 18.3. The van der Waals surface area contributed by atoms with Gasteiger partial charge in [-0.05, 0) is 139 Å². The number of hydrogen-bond acceptors (Lipinski definition) is 1. The molecular formula is C46H50O.